The van der Waals surface area contributed by atoms with Crippen LogP contribution in [0, 0.1) is 5.92 Å². The van der Waals surface area contributed by atoms with E-state index in [0.29, 0.717) is 5.92 Å². The van der Waals surface area contributed by atoms with Crippen LogP contribution >= 0.6 is 15.9 Å². The molecule has 0 fully saturated rings. The van der Waals surface area contributed by atoms with E-state index in [0.717, 1.165) is 15.8 Å². The van der Waals surface area contributed by atoms with Crippen LogP contribution in [0.1, 0.15) is 12.5 Å². The molecule has 1 rings (SSSR count). The molecule has 3 heteroatoms. The lowest BCUT2D eigenvalue weighted by Crippen LogP contribution is -1.97. The number of hydrogen-bond acceptors (Lipinski definition) is 1. The smallest absolute Gasteiger partial charge is 0.120 e. The van der Waals surface area contributed by atoms with Crippen molar-refractivity contribution < 1.29 is 9.13 Å². The summed E-state index contributed by atoms with van der Waals surface area (Å²) in [6.45, 7) is 1.33. The van der Waals surface area contributed by atoms with E-state index >= 15 is 0 Å². The maximum atomic E-state index is 12.3. The highest BCUT2D eigenvalue weighted by atomic mass is 79.9. The molecule has 0 aliphatic heterocycles. The molecule has 1 aromatic rings. The summed E-state index contributed by atoms with van der Waals surface area (Å²) in [7, 11) is 1.59. The summed E-state index contributed by atoms with van der Waals surface area (Å²) in [5.41, 5.74) is 0.869. The summed E-state index contributed by atoms with van der Waals surface area (Å²) in [4.78, 5) is 0. The first-order valence-electron chi connectivity index (χ1n) is 3.90. The number of benzene rings is 1. The maximum absolute atomic E-state index is 12.3. The minimum absolute atomic E-state index is 0.431. The monoisotopic (exact) mass is 245 g/mol. The summed E-state index contributed by atoms with van der Waals surface area (Å²) >= 11 is 3.34. The van der Waals surface area contributed by atoms with Crippen LogP contribution in [0.15, 0.2) is 22.7 Å². The Bertz CT molecular complexity index is 288. The summed E-state index contributed by atoms with van der Waals surface area (Å²) in [5, 5.41) is 0. The van der Waals surface area contributed by atoms with Crippen molar-refractivity contribution in [1.82, 2.24) is 0 Å². The average Bonchev–Trinajstić information content (AvgIpc) is 2.15. The Morgan fingerprint density at radius 1 is 1.46 bits per heavy atom. The van der Waals surface area contributed by atoms with Crippen LogP contribution in [0.5, 0.6) is 5.75 Å². The molecular formula is C10H11BrFO. The Morgan fingerprint density at radius 2 is 2.15 bits per heavy atom. The molecule has 0 N–H and O–H groups in total. The van der Waals surface area contributed by atoms with Gasteiger partial charge in [0, 0.05) is 10.4 Å². The van der Waals surface area contributed by atoms with E-state index in [1.54, 1.807) is 14.0 Å². The predicted octanol–water partition coefficient (Wildman–Crippen LogP) is 3.37. The maximum Gasteiger partial charge on any atom is 0.120 e. The zero-order valence-electron chi connectivity index (χ0n) is 7.60. The fourth-order valence-electron chi connectivity index (χ4n) is 1.00. The Kier molecular flexibility index (Phi) is 3.72. The number of rotatable bonds is 3. The number of hydrogen-bond donors (Lipinski definition) is 0. The molecule has 71 valence electrons. The SMILES string of the molecule is COc1cc(Br)cc([C](C)CF)c1. The molecule has 0 bridgehead atoms. The van der Waals surface area contributed by atoms with E-state index in [1.807, 2.05) is 18.2 Å². The van der Waals surface area contributed by atoms with Gasteiger partial charge in [-0.1, -0.05) is 22.9 Å². The zero-order chi connectivity index (χ0) is 9.84. The molecule has 0 unspecified atom stereocenters. The number of methoxy groups -OCH3 is 1. The van der Waals surface area contributed by atoms with E-state index in [2.05, 4.69) is 15.9 Å². The first-order chi connectivity index (χ1) is 6.17. The lowest BCUT2D eigenvalue weighted by atomic mass is 10.0. The van der Waals surface area contributed by atoms with Gasteiger partial charge in [0.1, 0.15) is 5.75 Å². The van der Waals surface area contributed by atoms with Crippen LogP contribution in [0.3, 0.4) is 0 Å². The Hall–Kier alpha value is -0.570. The third-order valence-electron chi connectivity index (χ3n) is 1.80. The first kappa shape index (κ1) is 10.5. The minimum atomic E-state index is -0.431. The minimum Gasteiger partial charge on any atom is -0.497 e. The van der Waals surface area contributed by atoms with Gasteiger partial charge in [0.25, 0.3) is 0 Å². The molecule has 0 amide bonds. The topological polar surface area (TPSA) is 9.23 Å². The Balaban J connectivity index is 3.01. The number of alkyl halides is 1. The molecule has 0 aliphatic carbocycles. The van der Waals surface area contributed by atoms with Gasteiger partial charge < -0.3 is 4.74 Å². The fraction of sp³-hybridized carbons (Fsp3) is 0.300. The molecule has 0 spiro atoms. The highest BCUT2D eigenvalue weighted by molar-refractivity contribution is 9.10. The molecule has 13 heavy (non-hydrogen) atoms. The van der Waals surface area contributed by atoms with Gasteiger partial charge in [-0.05, 0) is 23.8 Å². The van der Waals surface area contributed by atoms with Crippen molar-refractivity contribution >= 4 is 15.9 Å². The van der Waals surface area contributed by atoms with Crippen molar-refractivity contribution in [3.63, 3.8) is 0 Å². The number of halogens is 2. The fourth-order valence-corrected chi connectivity index (χ4v) is 1.48. The van der Waals surface area contributed by atoms with Crippen LogP contribution < -0.4 is 4.74 Å². The molecule has 1 nitrogen and oxygen atoms in total. The van der Waals surface area contributed by atoms with Gasteiger partial charge in [-0.15, -0.1) is 0 Å². The van der Waals surface area contributed by atoms with E-state index in [-0.39, 0.29) is 0 Å². The Labute approximate surface area is 86.0 Å². The van der Waals surface area contributed by atoms with Crippen molar-refractivity contribution in [2.24, 2.45) is 0 Å². The second kappa shape index (κ2) is 4.61. The van der Waals surface area contributed by atoms with Crippen LogP contribution in [0.4, 0.5) is 4.39 Å². The van der Waals surface area contributed by atoms with Gasteiger partial charge in [-0.3, -0.25) is 4.39 Å². The molecular weight excluding hydrogens is 235 g/mol. The molecule has 0 heterocycles. The van der Waals surface area contributed by atoms with Gasteiger partial charge >= 0.3 is 0 Å². The largest absolute Gasteiger partial charge is 0.497 e. The van der Waals surface area contributed by atoms with Gasteiger partial charge in [-0.25, -0.2) is 0 Å². The van der Waals surface area contributed by atoms with Gasteiger partial charge in [0.2, 0.25) is 0 Å². The van der Waals surface area contributed by atoms with Crippen LogP contribution in [0.2, 0.25) is 0 Å². The summed E-state index contributed by atoms with van der Waals surface area (Å²) < 4.78 is 18.3. The van der Waals surface area contributed by atoms with Crippen molar-refractivity contribution in [1.29, 1.82) is 0 Å². The molecule has 0 atom stereocenters. The quantitative estimate of drug-likeness (QED) is 0.794. The zero-order valence-corrected chi connectivity index (χ0v) is 9.19. The predicted molar refractivity (Wildman–Crippen MR) is 54.7 cm³/mol. The van der Waals surface area contributed by atoms with Gasteiger partial charge in [0.05, 0.1) is 13.8 Å². The highest BCUT2D eigenvalue weighted by Gasteiger charge is 2.07. The van der Waals surface area contributed by atoms with Crippen molar-refractivity contribution in [3.8, 4) is 5.75 Å². The molecule has 0 saturated heterocycles. The van der Waals surface area contributed by atoms with Crippen LogP contribution in [-0.2, 0) is 0 Å². The molecule has 0 aliphatic rings. The lowest BCUT2D eigenvalue weighted by Gasteiger charge is -2.09. The van der Waals surface area contributed by atoms with Gasteiger partial charge in [-0.2, -0.15) is 0 Å². The van der Waals surface area contributed by atoms with Crippen LogP contribution in [0.25, 0.3) is 0 Å². The van der Waals surface area contributed by atoms with E-state index in [1.165, 1.54) is 0 Å². The van der Waals surface area contributed by atoms with Crippen LogP contribution in [-0.4, -0.2) is 13.8 Å². The average molecular weight is 246 g/mol. The van der Waals surface area contributed by atoms with E-state index < -0.39 is 6.67 Å². The summed E-state index contributed by atoms with van der Waals surface area (Å²) in [5.74, 6) is 1.44. The summed E-state index contributed by atoms with van der Waals surface area (Å²) in [6, 6.07) is 5.53. The standard InChI is InChI=1S/C10H11BrFO/c1-7(6-12)8-3-9(11)5-10(4-8)13-2/h3-5H,6H2,1-2H3. The third-order valence-corrected chi connectivity index (χ3v) is 2.26. The molecule has 0 saturated carbocycles. The number of ether oxygens (including phenoxy) is 1. The van der Waals surface area contributed by atoms with Crippen molar-refractivity contribution in [2.75, 3.05) is 13.8 Å². The second-order valence-electron chi connectivity index (χ2n) is 2.79. The molecule has 0 aromatic heterocycles. The lowest BCUT2D eigenvalue weighted by molar-refractivity contribution is 0.414. The first-order valence-corrected chi connectivity index (χ1v) is 4.70. The third kappa shape index (κ3) is 2.69. The van der Waals surface area contributed by atoms with Crippen molar-refractivity contribution in [2.45, 2.75) is 6.92 Å². The Morgan fingerprint density at radius 3 is 2.69 bits per heavy atom. The molecule has 1 aromatic carbocycles. The van der Waals surface area contributed by atoms with E-state index in [4.69, 9.17) is 4.74 Å². The van der Waals surface area contributed by atoms with Crippen molar-refractivity contribution in [3.05, 3.63) is 34.2 Å². The normalized spacial score (nSPS) is 10.5. The van der Waals surface area contributed by atoms with E-state index in [9.17, 15) is 4.39 Å². The molecule has 1 radical (unpaired) electrons. The van der Waals surface area contributed by atoms with Gasteiger partial charge in [0.15, 0.2) is 0 Å². The second-order valence-corrected chi connectivity index (χ2v) is 3.71. The summed E-state index contributed by atoms with van der Waals surface area (Å²) in [6.07, 6.45) is 0. The highest BCUT2D eigenvalue weighted by Crippen LogP contribution is 2.25.